The van der Waals surface area contributed by atoms with Gasteiger partial charge in [0.25, 0.3) is 0 Å². The SMILES string of the molecule is Cn1cccc1/N=N/c1ccn(C)c1C(=O)O. The van der Waals surface area contributed by atoms with Crippen LogP contribution in [0.3, 0.4) is 0 Å². The molecule has 6 heteroatoms. The van der Waals surface area contributed by atoms with Crippen molar-refractivity contribution in [1.29, 1.82) is 0 Å². The Labute approximate surface area is 97.8 Å². The average molecular weight is 232 g/mol. The molecule has 0 amide bonds. The van der Waals surface area contributed by atoms with E-state index in [4.69, 9.17) is 5.11 Å². The van der Waals surface area contributed by atoms with Crippen molar-refractivity contribution >= 4 is 17.5 Å². The van der Waals surface area contributed by atoms with Crippen LogP contribution >= 0.6 is 0 Å². The van der Waals surface area contributed by atoms with Gasteiger partial charge in [-0.25, -0.2) is 4.79 Å². The van der Waals surface area contributed by atoms with E-state index in [0.29, 0.717) is 11.5 Å². The second-order valence-electron chi connectivity index (χ2n) is 3.64. The monoisotopic (exact) mass is 232 g/mol. The lowest BCUT2D eigenvalue weighted by Crippen LogP contribution is -2.03. The summed E-state index contributed by atoms with van der Waals surface area (Å²) >= 11 is 0. The number of aryl methyl sites for hydroxylation is 2. The van der Waals surface area contributed by atoms with Gasteiger partial charge < -0.3 is 14.2 Å². The minimum atomic E-state index is -1.02. The van der Waals surface area contributed by atoms with E-state index < -0.39 is 5.97 Å². The molecule has 0 fully saturated rings. The molecule has 0 aliphatic heterocycles. The number of aromatic nitrogens is 2. The second kappa shape index (κ2) is 4.25. The number of aromatic carboxylic acids is 1. The molecule has 0 aromatic carbocycles. The van der Waals surface area contributed by atoms with Crippen molar-refractivity contribution in [2.24, 2.45) is 24.3 Å². The van der Waals surface area contributed by atoms with Gasteiger partial charge in [0.05, 0.1) is 0 Å². The van der Waals surface area contributed by atoms with Crippen LogP contribution in [0, 0.1) is 0 Å². The highest BCUT2D eigenvalue weighted by atomic mass is 16.4. The minimum absolute atomic E-state index is 0.128. The standard InChI is InChI=1S/C11H12N4O2/c1-14-6-3-4-9(14)13-12-8-5-7-15(2)10(8)11(16)17/h3-7H,1-2H3,(H,16,17)/b13-12+. The molecule has 2 aromatic heterocycles. The van der Waals surface area contributed by atoms with Crippen molar-refractivity contribution < 1.29 is 9.90 Å². The Morgan fingerprint density at radius 3 is 2.53 bits per heavy atom. The third-order valence-corrected chi connectivity index (χ3v) is 2.43. The minimum Gasteiger partial charge on any atom is -0.477 e. The maximum Gasteiger partial charge on any atom is 0.354 e. The molecular weight excluding hydrogens is 220 g/mol. The molecular formula is C11H12N4O2. The fraction of sp³-hybridized carbons (Fsp3) is 0.182. The van der Waals surface area contributed by atoms with Crippen molar-refractivity contribution in [2.75, 3.05) is 0 Å². The van der Waals surface area contributed by atoms with Crippen LogP contribution in [0.15, 0.2) is 40.8 Å². The number of carboxylic acid groups (broad SMARTS) is 1. The Kier molecular flexibility index (Phi) is 2.78. The zero-order valence-electron chi connectivity index (χ0n) is 9.53. The van der Waals surface area contributed by atoms with Crippen LogP contribution < -0.4 is 0 Å². The number of nitrogens with zero attached hydrogens (tertiary/aromatic N) is 4. The molecule has 2 aromatic rings. The Morgan fingerprint density at radius 1 is 1.18 bits per heavy atom. The zero-order valence-corrected chi connectivity index (χ0v) is 9.53. The second-order valence-corrected chi connectivity index (χ2v) is 3.64. The molecule has 0 bridgehead atoms. The quantitative estimate of drug-likeness (QED) is 0.825. The summed E-state index contributed by atoms with van der Waals surface area (Å²) in [6.07, 6.45) is 3.49. The van der Waals surface area contributed by atoms with Crippen LogP contribution in [0.4, 0.5) is 11.5 Å². The first-order valence-electron chi connectivity index (χ1n) is 5.01. The normalized spacial score (nSPS) is 11.2. The predicted octanol–water partition coefficient (Wildman–Crippen LogP) is 2.48. The number of hydrogen-bond acceptors (Lipinski definition) is 3. The summed E-state index contributed by atoms with van der Waals surface area (Å²) in [7, 11) is 3.50. The Hall–Kier alpha value is -2.37. The average Bonchev–Trinajstić information content (AvgIpc) is 2.82. The predicted molar refractivity (Wildman–Crippen MR) is 62.0 cm³/mol. The smallest absolute Gasteiger partial charge is 0.354 e. The van der Waals surface area contributed by atoms with Crippen molar-refractivity contribution in [1.82, 2.24) is 9.13 Å². The highest BCUT2D eigenvalue weighted by Gasteiger charge is 2.13. The number of carbonyl (C=O) groups is 1. The first-order chi connectivity index (χ1) is 8.09. The molecule has 0 saturated heterocycles. The lowest BCUT2D eigenvalue weighted by atomic mass is 10.4. The van der Waals surface area contributed by atoms with Gasteiger partial charge in [-0.3, -0.25) is 0 Å². The summed E-state index contributed by atoms with van der Waals surface area (Å²) < 4.78 is 3.30. The van der Waals surface area contributed by atoms with E-state index in [2.05, 4.69) is 10.2 Å². The van der Waals surface area contributed by atoms with Crippen molar-refractivity contribution in [3.63, 3.8) is 0 Å². The van der Waals surface area contributed by atoms with Gasteiger partial charge in [-0.05, 0) is 18.2 Å². The van der Waals surface area contributed by atoms with Crippen molar-refractivity contribution in [3.8, 4) is 0 Å². The summed E-state index contributed by atoms with van der Waals surface area (Å²) in [5, 5.41) is 17.0. The summed E-state index contributed by atoms with van der Waals surface area (Å²) in [6.45, 7) is 0. The van der Waals surface area contributed by atoms with Crippen LogP contribution in [0.1, 0.15) is 10.5 Å². The Morgan fingerprint density at radius 2 is 1.94 bits per heavy atom. The summed E-state index contributed by atoms with van der Waals surface area (Å²) in [4.78, 5) is 11.0. The summed E-state index contributed by atoms with van der Waals surface area (Å²) in [5.74, 6) is -0.344. The van der Waals surface area contributed by atoms with E-state index in [-0.39, 0.29) is 5.69 Å². The maximum absolute atomic E-state index is 11.0. The van der Waals surface area contributed by atoms with Gasteiger partial charge in [-0.1, -0.05) is 0 Å². The third kappa shape index (κ3) is 2.10. The van der Waals surface area contributed by atoms with Gasteiger partial charge in [-0.2, -0.15) is 0 Å². The molecule has 0 atom stereocenters. The maximum atomic E-state index is 11.0. The molecule has 0 aliphatic carbocycles. The third-order valence-electron chi connectivity index (χ3n) is 2.43. The highest BCUT2D eigenvalue weighted by molar-refractivity contribution is 5.91. The molecule has 17 heavy (non-hydrogen) atoms. The number of rotatable bonds is 3. The molecule has 0 unspecified atom stereocenters. The fourth-order valence-corrected chi connectivity index (χ4v) is 1.52. The zero-order chi connectivity index (χ0) is 12.4. The Bertz CT molecular complexity index is 580. The van der Waals surface area contributed by atoms with Crippen LogP contribution in [0.25, 0.3) is 0 Å². The molecule has 0 spiro atoms. The first kappa shape index (κ1) is 11.1. The fourth-order valence-electron chi connectivity index (χ4n) is 1.52. The topological polar surface area (TPSA) is 71.9 Å². The highest BCUT2D eigenvalue weighted by Crippen LogP contribution is 2.23. The largest absolute Gasteiger partial charge is 0.477 e. The van der Waals surface area contributed by atoms with Crippen LogP contribution in [0.5, 0.6) is 0 Å². The Balaban J connectivity index is 2.34. The van der Waals surface area contributed by atoms with E-state index in [1.807, 2.05) is 19.3 Å². The van der Waals surface area contributed by atoms with E-state index >= 15 is 0 Å². The van der Waals surface area contributed by atoms with Gasteiger partial charge in [-0.15, -0.1) is 10.2 Å². The van der Waals surface area contributed by atoms with Gasteiger partial charge in [0.2, 0.25) is 0 Å². The van der Waals surface area contributed by atoms with Crippen LogP contribution in [0.2, 0.25) is 0 Å². The van der Waals surface area contributed by atoms with E-state index in [1.54, 1.807) is 29.9 Å². The first-order valence-corrected chi connectivity index (χ1v) is 5.01. The van der Waals surface area contributed by atoms with Gasteiger partial charge in [0, 0.05) is 26.5 Å². The molecule has 0 aliphatic rings. The molecule has 88 valence electrons. The van der Waals surface area contributed by atoms with Gasteiger partial charge in [0.15, 0.2) is 11.5 Å². The number of carboxylic acids is 1. The molecule has 2 rings (SSSR count). The number of hydrogen-bond donors (Lipinski definition) is 1. The van der Waals surface area contributed by atoms with Crippen molar-refractivity contribution in [3.05, 3.63) is 36.3 Å². The number of azo groups is 1. The van der Waals surface area contributed by atoms with Crippen LogP contribution in [-0.2, 0) is 14.1 Å². The van der Waals surface area contributed by atoms with E-state index in [9.17, 15) is 4.79 Å². The molecule has 0 radical (unpaired) electrons. The van der Waals surface area contributed by atoms with Crippen LogP contribution in [-0.4, -0.2) is 20.2 Å². The van der Waals surface area contributed by atoms with E-state index in [0.717, 1.165) is 0 Å². The summed E-state index contributed by atoms with van der Waals surface area (Å²) in [5.41, 5.74) is 0.476. The van der Waals surface area contributed by atoms with Crippen molar-refractivity contribution in [2.45, 2.75) is 0 Å². The van der Waals surface area contributed by atoms with E-state index in [1.165, 1.54) is 4.57 Å². The lowest BCUT2D eigenvalue weighted by Gasteiger charge is -1.97. The molecule has 0 saturated carbocycles. The van der Waals surface area contributed by atoms with Gasteiger partial charge >= 0.3 is 5.97 Å². The lowest BCUT2D eigenvalue weighted by molar-refractivity contribution is 0.0687. The molecule has 6 nitrogen and oxygen atoms in total. The summed E-state index contributed by atoms with van der Waals surface area (Å²) in [6, 6.07) is 5.26. The molecule has 1 N–H and O–H groups in total. The van der Waals surface area contributed by atoms with Gasteiger partial charge in [0.1, 0.15) is 5.69 Å². The molecule has 2 heterocycles.